The summed E-state index contributed by atoms with van der Waals surface area (Å²) in [6.07, 6.45) is 0. The highest BCUT2D eigenvalue weighted by atomic mass is 35.5. The number of rotatable bonds is 5. The van der Waals surface area contributed by atoms with Crippen LogP contribution in [-0.4, -0.2) is 19.3 Å². The van der Waals surface area contributed by atoms with Crippen LogP contribution in [0.4, 0.5) is 5.69 Å². The van der Waals surface area contributed by atoms with Crippen molar-refractivity contribution in [3.05, 3.63) is 46.5 Å². The fourth-order valence-electron chi connectivity index (χ4n) is 2.10. The van der Waals surface area contributed by atoms with Gasteiger partial charge in [0.15, 0.2) is 11.5 Å². The zero-order chi connectivity index (χ0) is 15.4. The Morgan fingerprint density at radius 3 is 2.52 bits per heavy atom. The van der Waals surface area contributed by atoms with Gasteiger partial charge < -0.3 is 19.9 Å². The molecule has 2 N–H and O–H groups in total. The van der Waals surface area contributed by atoms with Gasteiger partial charge in [-0.1, -0.05) is 17.7 Å². The number of phenolic OH excluding ortho intramolecular Hbond substituents is 1. The molecule has 0 saturated heterocycles. The molecule has 0 atom stereocenters. The van der Waals surface area contributed by atoms with E-state index < -0.39 is 0 Å². The van der Waals surface area contributed by atoms with E-state index in [-0.39, 0.29) is 5.75 Å². The standard InChI is InChI=1S/C16H18ClNO3/c1-10-8-12(19)5-6-13(10)18-9-11-4-7-14(20-2)16(21-3)15(11)17/h4-8,18-19H,9H2,1-3H3. The monoisotopic (exact) mass is 307 g/mol. The Kier molecular flexibility index (Phi) is 4.81. The van der Waals surface area contributed by atoms with Crippen molar-refractivity contribution >= 4 is 17.3 Å². The Hall–Kier alpha value is -2.07. The van der Waals surface area contributed by atoms with E-state index in [9.17, 15) is 5.11 Å². The third kappa shape index (κ3) is 3.34. The second-order valence-electron chi connectivity index (χ2n) is 4.63. The lowest BCUT2D eigenvalue weighted by atomic mass is 10.1. The van der Waals surface area contributed by atoms with Gasteiger partial charge in [-0.3, -0.25) is 0 Å². The van der Waals surface area contributed by atoms with Gasteiger partial charge in [-0.15, -0.1) is 0 Å². The van der Waals surface area contributed by atoms with Crippen molar-refractivity contribution in [1.29, 1.82) is 0 Å². The molecular weight excluding hydrogens is 290 g/mol. The number of methoxy groups -OCH3 is 2. The minimum atomic E-state index is 0.252. The first-order valence-electron chi connectivity index (χ1n) is 6.49. The van der Waals surface area contributed by atoms with E-state index in [1.807, 2.05) is 25.1 Å². The summed E-state index contributed by atoms with van der Waals surface area (Å²) in [5, 5.41) is 13.2. The van der Waals surface area contributed by atoms with Crippen molar-refractivity contribution < 1.29 is 14.6 Å². The summed E-state index contributed by atoms with van der Waals surface area (Å²) in [7, 11) is 3.14. The highest BCUT2D eigenvalue weighted by molar-refractivity contribution is 6.33. The first-order chi connectivity index (χ1) is 10.1. The van der Waals surface area contributed by atoms with Gasteiger partial charge in [-0.2, -0.15) is 0 Å². The highest BCUT2D eigenvalue weighted by Crippen LogP contribution is 2.37. The van der Waals surface area contributed by atoms with E-state index in [2.05, 4.69) is 5.32 Å². The van der Waals surface area contributed by atoms with Crippen LogP contribution in [0.3, 0.4) is 0 Å². The first kappa shape index (κ1) is 15.3. The maximum absolute atomic E-state index is 9.41. The number of aromatic hydroxyl groups is 1. The minimum Gasteiger partial charge on any atom is -0.508 e. The summed E-state index contributed by atoms with van der Waals surface area (Å²) < 4.78 is 10.5. The number of phenols is 1. The number of nitrogens with one attached hydrogen (secondary N) is 1. The number of benzene rings is 2. The number of ether oxygens (including phenoxy) is 2. The van der Waals surface area contributed by atoms with Crippen molar-refractivity contribution in [3.8, 4) is 17.2 Å². The maximum Gasteiger partial charge on any atom is 0.179 e. The maximum atomic E-state index is 9.41. The van der Waals surface area contributed by atoms with E-state index in [0.717, 1.165) is 16.8 Å². The molecule has 2 aromatic carbocycles. The predicted octanol–water partition coefficient (Wildman–Crippen LogP) is 3.98. The smallest absolute Gasteiger partial charge is 0.179 e. The molecule has 2 rings (SSSR count). The van der Waals surface area contributed by atoms with Crippen LogP contribution >= 0.6 is 11.6 Å². The molecule has 21 heavy (non-hydrogen) atoms. The summed E-state index contributed by atoms with van der Waals surface area (Å²) in [6, 6.07) is 8.90. The number of hydrogen-bond donors (Lipinski definition) is 2. The quantitative estimate of drug-likeness (QED) is 0.820. The van der Waals surface area contributed by atoms with Crippen LogP contribution in [0.2, 0.25) is 5.02 Å². The van der Waals surface area contributed by atoms with Gasteiger partial charge in [-0.25, -0.2) is 0 Å². The average molecular weight is 308 g/mol. The Morgan fingerprint density at radius 1 is 1.14 bits per heavy atom. The van der Waals surface area contributed by atoms with Gasteiger partial charge in [0.2, 0.25) is 0 Å². The number of aryl methyl sites for hydroxylation is 1. The Balaban J connectivity index is 2.20. The summed E-state index contributed by atoms with van der Waals surface area (Å²) in [5.74, 6) is 1.38. The van der Waals surface area contributed by atoms with Gasteiger partial charge >= 0.3 is 0 Å². The number of anilines is 1. The number of hydrogen-bond acceptors (Lipinski definition) is 4. The van der Waals surface area contributed by atoms with Crippen LogP contribution in [0.5, 0.6) is 17.2 Å². The van der Waals surface area contributed by atoms with Gasteiger partial charge in [0.1, 0.15) is 5.75 Å². The largest absolute Gasteiger partial charge is 0.508 e. The molecule has 0 heterocycles. The molecule has 4 nitrogen and oxygen atoms in total. The summed E-state index contributed by atoms with van der Waals surface area (Å²) in [4.78, 5) is 0. The predicted molar refractivity (Wildman–Crippen MR) is 84.7 cm³/mol. The molecule has 112 valence electrons. The third-order valence-electron chi connectivity index (χ3n) is 3.24. The number of halogens is 1. The summed E-state index contributed by atoms with van der Waals surface area (Å²) >= 11 is 6.34. The zero-order valence-electron chi connectivity index (χ0n) is 12.2. The van der Waals surface area contributed by atoms with E-state index in [1.165, 1.54) is 0 Å². The van der Waals surface area contributed by atoms with E-state index >= 15 is 0 Å². The molecule has 0 spiro atoms. The van der Waals surface area contributed by atoms with Crippen LogP contribution in [0.15, 0.2) is 30.3 Å². The second-order valence-corrected chi connectivity index (χ2v) is 5.00. The molecule has 0 aromatic heterocycles. The molecule has 0 fully saturated rings. The molecule has 0 aliphatic rings. The van der Waals surface area contributed by atoms with Crippen molar-refractivity contribution in [3.63, 3.8) is 0 Å². The lowest BCUT2D eigenvalue weighted by Crippen LogP contribution is -2.03. The SMILES string of the molecule is COc1ccc(CNc2ccc(O)cc2C)c(Cl)c1OC. The zero-order valence-corrected chi connectivity index (χ0v) is 13.0. The Labute approximate surface area is 129 Å². The minimum absolute atomic E-state index is 0.252. The summed E-state index contributed by atoms with van der Waals surface area (Å²) in [5.41, 5.74) is 2.81. The summed E-state index contributed by atoms with van der Waals surface area (Å²) in [6.45, 7) is 2.48. The van der Waals surface area contributed by atoms with Gasteiger partial charge in [-0.05, 0) is 42.3 Å². The molecule has 0 bridgehead atoms. The normalized spacial score (nSPS) is 10.3. The first-order valence-corrected chi connectivity index (χ1v) is 6.87. The van der Waals surface area contributed by atoms with Crippen LogP contribution in [0.25, 0.3) is 0 Å². The Morgan fingerprint density at radius 2 is 1.90 bits per heavy atom. The molecule has 0 radical (unpaired) electrons. The molecular formula is C16H18ClNO3. The lowest BCUT2D eigenvalue weighted by Gasteiger charge is -2.14. The lowest BCUT2D eigenvalue weighted by molar-refractivity contribution is 0.355. The van der Waals surface area contributed by atoms with E-state index in [0.29, 0.717) is 23.1 Å². The van der Waals surface area contributed by atoms with Gasteiger partial charge in [0, 0.05) is 12.2 Å². The van der Waals surface area contributed by atoms with Crippen molar-refractivity contribution in [2.24, 2.45) is 0 Å². The van der Waals surface area contributed by atoms with E-state index in [4.69, 9.17) is 21.1 Å². The van der Waals surface area contributed by atoms with Gasteiger partial charge in [0.25, 0.3) is 0 Å². The molecule has 0 aliphatic carbocycles. The third-order valence-corrected chi connectivity index (χ3v) is 3.66. The topological polar surface area (TPSA) is 50.7 Å². The van der Waals surface area contributed by atoms with Crippen LogP contribution < -0.4 is 14.8 Å². The second kappa shape index (κ2) is 6.59. The van der Waals surface area contributed by atoms with Crippen molar-refractivity contribution in [1.82, 2.24) is 0 Å². The highest BCUT2D eigenvalue weighted by Gasteiger charge is 2.13. The van der Waals surface area contributed by atoms with E-state index in [1.54, 1.807) is 26.4 Å². The van der Waals surface area contributed by atoms with Crippen LogP contribution in [0.1, 0.15) is 11.1 Å². The molecule has 0 saturated carbocycles. The average Bonchev–Trinajstić information content (AvgIpc) is 2.47. The fourth-order valence-corrected chi connectivity index (χ4v) is 2.40. The molecule has 2 aromatic rings. The molecule has 5 heteroatoms. The fraction of sp³-hybridized carbons (Fsp3) is 0.250. The van der Waals surface area contributed by atoms with Crippen molar-refractivity contribution in [2.45, 2.75) is 13.5 Å². The molecule has 0 unspecified atom stereocenters. The van der Waals surface area contributed by atoms with Crippen molar-refractivity contribution in [2.75, 3.05) is 19.5 Å². The van der Waals surface area contributed by atoms with Crippen LogP contribution in [-0.2, 0) is 6.54 Å². The molecule has 0 aliphatic heterocycles. The molecule has 0 amide bonds. The van der Waals surface area contributed by atoms with Crippen LogP contribution in [0, 0.1) is 6.92 Å². The van der Waals surface area contributed by atoms with Gasteiger partial charge in [0.05, 0.1) is 19.2 Å². The Bertz CT molecular complexity index is 644.